The van der Waals surface area contributed by atoms with Crippen molar-refractivity contribution in [3.63, 3.8) is 0 Å². The zero-order chi connectivity index (χ0) is 12.3. The van der Waals surface area contributed by atoms with Gasteiger partial charge in [0.25, 0.3) is 0 Å². The maximum absolute atomic E-state index is 4.49. The summed E-state index contributed by atoms with van der Waals surface area (Å²) in [5.74, 6) is 1.74. The summed E-state index contributed by atoms with van der Waals surface area (Å²) in [5, 5.41) is 4.34. The molecule has 0 fully saturated rings. The molecule has 0 aliphatic carbocycles. The van der Waals surface area contributed by atoms with Gasteiger partial charge in [-0.05, 0) is 31.4 Å². The van der Waals surface area contributed by atoms with Gasteiger partial charge in [-0.15, -0.1) is 0 Å². The van der Waals surface area contributed by atoms with Crippen LogP contribution in [0.2, 0.25) is 0 Å². The Bertz CT molecular complexity index is 518. The van der Waals surface area contributed by atoms with Crippen molar-refractivity contribution in [1.82, 2.24) is 9.97 Å². The van der Waals surface area contributed by atoms with Gasteiger partial charge in [-0.25, -0.2) is 9.97 Å². The quantitative estimate of drug-likeness (QED) is 0.937. The van der Waals surface area contributed by atoms with Gasteiger partial charge >= 0.3 is 0 Å². The molecule has 1 aromatic carbocycles. The number of benzene rings is 1. The predicted molar refractivity (Wildman–Crippen MR) is 78.7 cm³/mol. The van der Waals surface area contributed by atoms with Crippen LogP contribution in [0, 0.1) is 0 Å². The van der Waals surface area contributed by atoms with Gasteiger partial charge in [0, 0.05) is 27.9 Å². The number of aromatic nitrogens is 2. The Morgan fingerprint density at radius 1 is 1.47 bits per heavy atom. The highest BCUT2D eigenvalue weighted by Gasteiger charge is 2.04. The minimum absolute atomic E-state index is 0.373. The molecule has 0 aliphatic rings. The summed E-state index contributed by atoms with van der Waals surface area (Å²) in [6.07, 6.45) is 3.94. The second kappa shape index (κ2) is 5.69. The third-order valence-corrected chi connectivity index (χ3v) is 3.66. The molecule has 0 amide bonds. The fourth-order valence-corrected chi connectivity index (χ4v) is 2.55. The van der Waals surface area contributed by atoms with Gasteiger partial charge in [0.05, 0.1) is 5.52 Å². The van der Waals surface area contributed by atoms with Crippen LogP contribution >= 0.6 is 27.7 Å². The molecular weight excluding hydrogens is 298 g/mol. The number of halogens is 1. The maximum atomic E-state index is 4.49. The predicted octanol–water partition coefficient (Wildman–Crippen LogP) is 3.56. The summed E-state index contributed by atoms with van der Waals surface area (Å²) >= 11 is 5.25. The Morgan fingerprint density at radius 2 is 2.29 bits per heavy atom. The third-order valence-electron chi connectivity index (χ3n) is 2.33. The molecule has 1 heterocycles. The van der Waals surface area contributed by atoms with Crippen molar-refractivity contribution in [3.05, 3.63) is 28.9 Å². The van der Waals surface area contributed by atoms with E-state index in [2.05, 4.69) is 44.4 Å². The highest BCUT2D eigenvalue weighted by atomic mass is 79.9. The number of hydrogen-bond donors (Lipinski definition) is 1. The molecule has 1 unspecified atom stereocenters. The van der Waals surface area contributed by atoms with Crippen LogP contribution in [0.5, 0.6) is 0 Å². The topological polar surface area (TPSA) is 37.8 Å². The molecule has 1 aromatic heterocycles. The molecule has 0 saturated heterocycles. The van der Waals surface area contributed by atoms with E-state index < -0.39 is 0 Å². The number of hydrogen-bond acceptors (Lipinski definition) is 4. The number of anilines is 1. The summed E-state index contributed by atoms with van der Waals surface area (Å²) in [6, 6.07) is 6.37. The van der Waals surface area contributed by atoms with Crippen molar-refractivity contribution in [2.75, 3.05) is 17.3 Å². The van der Waals surface area contributed by atoms with Crippen molar-refractivity contribution < 1.29 is 0 Å². The van der Waals surface area contributed by atoms with E-state index in [1.54, 1.807) is 0 Å². The fraction of sp³-hybridized carbons (Fsp3) is 0.333. The van der Waals surface area contributed by atoms with Gasteiger partial charge < -0.3 is 5.32 Å². The summed E-state index contributed by atoms with van der Waals surface area (Å²) in [7, 11) is 0. The number of nitrogens with zero attached hydrogens (tertiary/aromatic N) is 2. The van der Waals surface area contributed by atoms with Gasteiger partial charge in [0.1, 0.15) is 0 Å². The second-order valence-electron chi connectivity index (χ2n) is 3.90. The lowest BCUT2D eigenvalue weighted by atomic mass is 10.2. The highest BCUT2D eigenvalue weighted by Crippen LogP contribution is 2.18. The zero-order valence-corrected chi connectivity index (χ0v) is 12.2. The van der Waals surface area contributed by atoms with Crippen molar-refractivity contribution >= 4 is 44.5 Å². The summed E-state index contributed by atoms with van der Waals surface area (Å²) in [6.45, 7) is 2.13. The van der Waals surface area contributed by atoms with Gasteiger partial charge in [-0.2, -0.15) is 11.8 Å². The third kappa shape index (κ3) is 3.33. The van der Waals surface area contributed by atoms with E-state index >= 15 is 0 Å². The number of fused-ring (bicyclic) bond motifs is 1. The minimum Gasteiger partial charge on any atom is -0.351 e. The zero-order valence-electron chi connectivity index (χ0n) is 9.77. The monoisotopic (exact) mass is 311 g/mol. The van der Waals surface area contributed by atoms with E-state index in [-0.39, 0.29) is 0 Å². The standard InChI is InChI=1S/C12H14BrN3S/c1-8(7-17-2)15-12-14-6-9-5-10(13)3-4-11(9)16-12/h3-6,8H,7H2,1-2H3,(H,14,15,16). The Balaban J connectivity index is 2.23. The summed E-state index contributed by atoms with van der Waals surface area (Å²) in [5.41, 5.74) is 0.960. The molecule has 0 saturated carbocycles. The van der Waals surface area contributed by atoms with Crippen molar-refractivity contribution in [2.45, 2.75) is 13.0 Å². The Labute approximate surface area is 114 Å². The molecule has 17 heavy (non-hydrogen) atoms. The van der Waals surface area contributed by atoms with E-state index in [0.717, 1.165) is 21.1 Å². The first-order valence-corrected chi connectivity index (χ1v) is 7.55. The van der Waals surface area contributed by atoms with Crippen LogP contribution in [-0.4, -0.2) is 28.0 Å². The lowest BCUT2D eigenvalue weighted by Gasteiger charge is -2.12. The summed E-state index contributed by atoms with van der Waals surface area (Å²) in [4.78, 5) is 8.80. The summed E-state index contributed by atoms with van der Waals surface area (Å²) < 4.78 is 1.05. The maximum Gasteiger partial charge on any atom is 0.223 e. The molecule has 2 aromatic rings. The van der Waals surface area contributed by atoms with Gasteiger partial charge in [-0.3, -0.25) is 0 Å². The van der Waals surface area contributed by atoms with Crippen LogP contribution in [0.15, 0.2) is 28.9 Å². The van der Waals surface area contributed by atoms with Crippen molar-refractivity contribution in [3.8, 4) is 0 Å². The van der Waals surface area contributed by atoms with E-state index in [1.807, 2.05) is 36.2 Å². The molecular formula is C12H14BrN3S. The molecule has 2 rings (SSSR count). The van der Waals surface area contributed by atoms with Gasteiger partial charge in [-0.1, -0.05) is 15.9 Å². The molecule has 90 valence electrons. The minimum atomic E-state index is 0.373. The fourth-order valence-electron chi connectivity index (χ4n) is 1.59. The largest absolute Gasteiger partial charge is 0.351 e. The van der Waals surface area contributed by atoms with Crippen LogP contribution in [-0.2, 0) is 0 Å². The SMILES string of the molecule is CSCC(C)Nc1ncc2cc(Br)ccc2n1. The first-order valence-electron chi connectivity index (χ1n) is 5.37. The lowest BCUT2D eigenvalue weighted by Crippen LogP contribution is -2.19. The number of rotatable bonds is 4. The molecule has 0 radical (unpaired) electrons. The van der Waals surface area contributed by atoms with Crippen LogP contribution < -0.4 is 5.32 Å². The molecule has 0 spiro atoms. The molecule has 1 N–H and O–H groups in total. The van der Waals surface area contributed by atoms with Crippen LogP contribution in [0.4, 0.5) is 5.95 Å². The molecule has 5 heteroatoms. The normalized spacial score (nSPS) is 12.6. The molecule has 0 aliphatic heterocycles. The first kappa shape index (κ1) is 12.6. The van der Waals surface area contributed by atoms with Gasteiger partial charge in [0.2, 0.25) is 5.95 Å². The van der Waals surface area contributed by atoms with E-state index in [9.17, 15) is 0 Å². The second-order valence-corrected chi connectivity index (χ2v) is 5.72. The average molecular weight is 312 g/mol. The van der Waals surface area contributed by atoms with Crippen molar-refractivity contribution in [2.24, 2.45) is 0 Å². The molecule has 3 nitrogen and oxygen atoms in total. The molecule has 1 atom stereocenters. The van der Waals surface area contributed by atoms with E-state index in [4.69, 9.17) is 0 Å². The molecule has 0 bridgehead atoms. The lowest BCUT2D eigenvalue weighted by molar-refractivity contribution is 0.891. The Hall–Kier alpha value is -0.810. The first-order chi connectivity index (χ1) is 8.19. The average Bonchev–Trinajstić information content (AvgIpc) is 2.29. The van der Waals surface area contributed by atoms with Crippen molar-refractivity contribution in [1.29, 1.82) is 0 Å². The Morgan fingerprint density at radius 3 is 3.06 bits per heavy atom. The highest BCUT2D eigenvalue weighted by molar-refractivity contribution is 9.10. The van der Waals surface area contributed by atoms with E-state index in [0.29, 0.717) is 12.0 Å². The van der Waals surface area contributed by atoms with E-state index in [1.165, 1.54) is 0 Å². The van der Waals surface area contributed by atoms with Crippen LogP contribution in [0.1, 0.15) is 6.92 Å². The Kier molecular flexibility index (Phi) is 4.23. The van der Waals surface area contributed by atoms with Crippen LogP contribution in [0.25, 0.3) is 10.9 Å². The number of thioether (sulfide) groups is 1. The van der Waals surface area contributed by atoms with Gasteiger partial charge in [0.15, 0.2) is 0 Å². The smallest absolute Gasteiger partial charge is 0.223 e. The van der Waals surface area contributed by atoms with Crippen LogP contribution in [0.3, 0.4) is 0 Å². The number of nitrogens with one attached hydrogen (secondary N) is 1.